The van der Waals surface area contributed by atoms with Crippen molar-refractivity contribution in [2.75, 3.05) is 4.90 Å². The maximum absolute atomic E-state index is 9.41. The average Bonchev–Trinajstić information content (AvgIpc) is 3.32. The van der Waals surface area contributed by atoms with Crippen molar-refractivity contribution in [1.82, 2.24) is 0 Å². The number of benzene rings is 10. The summed E-state index contributed by atoms with van der Waals surface area (Å²) in [7, 11) is 0. The number of rotatable bonds is 8. The van der Waals surface area contributed by atoms with Crippen LogP contribution in [0.4, 0.5) is 17.1 Å². The zero-order valence-electron chi connectivity index (χ0n) is 35.2. The molecule has 0 N–H and O–H groups in total. The lowest BCUT2D eigenvalue weighted by Crippen LogP contribution is -2.09. The molecular weight excluding hydrogens is 687 g/mol. The molecule has 1 heteroatoms. The van der Waals surface area contributed by atoms with Crippen LogP contribution >= 0.6 is 0 Å². The van der Waals surface area contributed by atoms with Gasteiger partial charge in [-0.3, -0.25) is 0 Å². The van der Waals surface area contributed by atoms with Crippen LogP contribution in [0.5, 0.6) is 0 Å². The molecule has 0 aromatic heterocycles. The van der Waals surface area contributed by atoms with Gasteiger partial charge in [0.1, 0.15) is 0 Å². The van der Waals surface area contributed by atoms with Crippen LogP contribution in [0.2, 0.25) is 0 Å². The Hall–Kier alpha value is -7.48. The molecule has 0 unspecified atom stereocenters. The summed E-state index contributed by atoms with van der Waals surface area (Å²) < 4.78 is 37.2. The Kier molecular flexibility index (Phi) is 7.84. The van der Waals surface area contributed by atoms with Crippen molar-refractivity contribution in [1.29, 1.82) is 0 Å². The van der Waals surface area contributed by atoms with Crippen molar-refractivity contribution in [3.05, 3.63) is 236 Å². The first-order valence-electron chi connectivity index (χ1n) is 21.3. The molecule has 0 fully saturated rings. The predicted molar refractivity (Wildman–Crippen MR) is 243 cm³/mol. The van der Waals surface area contributed by atoms with Gasteiger partial charge in [-0.15, -0.1) is 0 Å². The lowest BCUT2D eigenvalue weighted by atomic mass is 9.90. The predicted octanol–water partition coefficient (Wildman–Crippen LogP) is 15.8. The van der Waals surface area contributed by atoms with Crippen molar-refractivity contribution >= 4 is 38.6 Å². The maximum atomic E-state index is 9.41. The van der Waals surface area contributed by atoms with Crippen LogP contribution in [-0.2, 0) is 0 Å². The van der Waals surface area contributed by atoms with E-state index in [2.05, 4.69) is 152 Å². The van der Waals surface area contributed by atoms with Crippen LogP contribution in [-0.4, -0.2) is 0 Å². The highest BCUT2D eigenvalue weighted by Gasteiger charge is 2.16. The molecule has 268 valence electrons. The number of nitrogens with zero attached hydrogens (tertiary/aromatic N) is 1. The van der Waals surface area contributed by atoms with E-state index < -0.39 is 0 Å². The van der Waals surface area contributed by atoms with E-state index in [1.54, 1.807) is 0 Å². The van der Waals surface area contributed by atoms with Crippen molar-refractivity contribution < 1.29 is 5.48 Å². The van der Waals surface area contributed by atoms with Gasteiger partial charge in [-0.1, -0.05) is 200 Å². The van der Waals surface area contributed by atoms with Crippen LogP contribution < -0.4 is 4.90 Å². The normalized spacial score (nSPS) is 12.1. The van der Waals surface area contributed by atoms with Gasteiger partial charge in [-0.2, -0.15) is 0 Å². The molecule has 10 aromatic carbocycles. The summed E-state index contributed by atoms with van der Waals surface area (Å²) >= 11 is 0. The van der Waals surface area contributed by atoms with Gasteiger partial charge in [0, 0.05) is 17.1 Å². The lowest BCUT2D eigenvalue weighted by molar-refractivity contribution is 1.28. The molecule has 0 aliphatic rings. The number of hydrogen-bond donors (Lipinski definition) is 0. The van der Waals surface area contributed by atoms with Gasteiger partial charge >= 0.3 is 0 Å². The molecule has 1 nitrogen and oxygen atoms in total. The van der Waals surface area contributed by atoms with E-state index in [4.69, 9.17) is 0 Å². The van der Waals surface area contributed by atoms with E-state index in [-0.39, 0.29) is 35.4 Å². The SMILES string of the molecule is [2H]c1c([2H])c(N(c2ccc(-c3ccc(-c4cccc5ccccc45)cc3)cc2)c2ccc(-c3ccc4ccccc4c3-c3ccccc3)cc2)c([2H])c([2H])c1-c1ccccc1. The smallest absolute Gasteiger partial charge is 0.0645 e. The van der Waals surface area contributed by atoms with E-state index in [1.165, 1.54) is 27.1 Å². The minimum Gasteiger partial charge on any atom is -0.311 e. The Balaban J connectivity index is 1.07. The molecular formula is C56H39N. The average molecular weight is 730 g/mol. The van der Waals surface area contributed by atoms with Gasteiger partial charge in [0.05, 0.1) is 5.48 Å². The second-order valence-corrected chi connectivity index (χ2v) is 14.2. The number of anilines is 3. The first-order chi connectivity index (χ1) is 29.9. The second kappa shape index (κ2) is 15.0. The summed E-state index contributed by atoms with van der Waals surface area (Å²) in [6.45, 7) is 0. The molecule has 57 heavy (non-hydrogen) atoms. The van der Waals surface area contributed by atoms with Gasteiger partial charge in [-0.05, 0) is 114 Å². The Morgan fingerprint density at radius 2 is 0.719 bits per heavy atom. The van der Waals surface area contributed by atoms with Gasteiger partial charge in [-0.25, -0.2) is 0 Å². The Morgan fingerprint density at radius 1 is 0.263 bits per heavy atom. The highest BCUT2D eigenvalue weighted by Crippen LogP contribution is 2.41. The van der Waals surface area contributed by atoms with Crippen LogP contribution in [0.15, 0.2) is 236 Å². The molecule has 0 amide bonds. The molecule has 0 radical (unpaired) electrons. The molecule has 10 aromatic rings. The highest BCUT2D eigenvalue weighted by molar-refractivity contribution is 6.04. The van der Waals surface area contributed by atoms with Gasteiger partial charge in [0.25, 0.3) is 0 Å². The summed E-state index contributed by atoms with van der Waals surface area (Å²) in [5.41, 5.74) is 11.4. The van der Waals surface area contributed by atoms with Gasteiger partial charge < -0.3 is 4.90 Å². The second-order valence-electron chi connectivity index (χ2n) is 14.2. The summed E-state index contributed by atoms with van der Waals surface area (Å²) in [6, 6.07) is 71.8. The molecule has 0 bridgehead atoms. The molecule has 0 saturated carbocycles. The third-order valence-electron chi connectivity index (χ3n) is 10.8. The van der Waals surface area contributed by atoms with Gasteiger partial charge in [0.2, 0.25) is 0 Å². The van der Waals surface area contributed by atoms with Crippen LogP contribution in [0.25, 0.3) is 77.2 Å². The van der Waals surface area contributed by atoms with E-state index in [0.717, 1.165) is 38.9 Å². The van der Waals surface area contributed by atoms with Crippen molar-refractivity contribution in [3.63, 3.8) is 0 Å². The molecule has 0 spiro atoms. The molecule has 0 aliphatic heterocycles. The van der Waals surface area contributed by atoms with Crippen molar-refractivity contribution in [3.8, 4) is 55.6 Å². The van der Waals surface area contributed by atoms with Crippen molar-refractivity contribution in [2.24, 2.45) is 0 Å². The highest BCUT2D eigenvalue weighted by atomic mass is 15.1. The van der Waals surface area contributed by atoms with Crippen LogP contribution in [0.1, 0.15) is 5.48 Å². The lowest BCUT2D eigenvalue weighted by Gasteiger charge is -2.26. The maximum Gasteiger partial charge on any atom is 0.0645 e. The first kappa shape index (κ1) is 29.8. The number of hydrogen-bond acceptors (Lipinski definition) is 1. The van der Waals surface area contributed by atoms with Crippen molar-refractivity contribution in [2.45, 2.75) is 0 Å². The summed E-state index contributed by atoms with van der Waals surface area (Å²) in [5, 5.41) is 4.76. The topological polar surface area (TPSA) is 3.24 Å². The fourth-order valence-electron chi connectivity index (χ4n) is 7.91. The fraction of sp³-hybridized carbons (Fsp3) is 0. The van der Waals surface area contributed by atoms with Crippen LogP contribution in [0.3, 0.4) is 0 Å². The van der Waals surface area contributed by atoms with E-state index in [1.807, 2.05) is 65.6 Å². The molecule has 10 rings (SSSR count). The van der Waals surface area contributed by atoms with E-state index in [9.17, 15) is 5.48 Å². The zero-order valence-corrected chi connectivity index (χ0v) is 31.2. The largest absolute Gasteiger partial charge is 0.311 e. The minimum absolute atomic E-state index is 0.0876. The zero-order chi connectivity index (χ0) is 41.5. The quantitative estimate of drug-likeness (QED) is 0.151. The third kappa shape index (κ3) is 6.66. The Labute approximate surface area is 340 Å². The first-order valence-corrected chi connectivity index (χ1v) is 19.3. The molecule has 0 atom stereocenters. The molecule has 0 aliphatic carbocycles. The van der Waals surface area contributed by atoms with E-state index >= 15 is 0 Å². The Bertz CT molecular complexity index is 3170. The standard InChI is InChI=1S/C56H39N/c1-3-12-40(13-4-1)42-26-33-49(34-27-42)57(50-35-28-43(29-36-50)41-22-24-46(25-23-41)53-21-11-18-44-14-7-9-19-52(44)53)51-37-30-47(31-38-51)55-39-32-45-15-8-10-20-54(45)56(55)48-16-5-2-6-17-48/h1-39H/i26D,27D,33D,34D. The Morgan fingerprint density at radius 3 is 1.37 bits per heavy atom. The summed E-state index contributed by atoms with van der Waals surface area (Å²) in [6.07, 6.45) is 0. The molecule has 0 heterocycles. The number of fused-ring (bicyclic) bond motifs is 2. The third-order valence-corrected chi connectivity index (χ3v) is 10.8. The summed E-state index contributed by atoms with van der Waals surface area (Å²) in [4.78, 5) is 1.85. The van der Waals surface area contributed by atoms with Gasteiger partial charge in [0.15, 0.2) is 0 Å². The minimum atomic E-state index is -0.113. The molecule has 0 saturated heterocycles. The summed E-state index contributed by atoms with van der Waals surface area (Å²) in [5.74, 6) is 0. The van der Waals surface area contributed by atoms with Crippen LogP contribution in [0, 0.1) is 0 Å². The fourth-order valence-corrected chi connectivity index (χ4v) is 7.91. The monoisotopic (exact) mass is 729 g/mol. The van der Waals surface area contributed by atoms with E-state index in [0.29, 0.717) is 16.9 Å².